The predicted molar refractivity (Wildman–Crippen MR) is 310 cm³/mol. The van der Waals surface area contributed by atoms with Gasteiger partial charge in [0.1, 0.15) is 48.8 Å². The average Bonchev–Trinajstić information content (AvgIpc) is 3.56. The first-order valence-electron chi connectivity index (χ1n) is 27.5. The highest BCUT2D eigenvalue weighted by molar-refractivity contribution is 5.19. The molecule has 0 spiro atoms. The summed E-state index contributed by atoms with van der Waals surface area (Å²) in [5.74, 6) is 0. The molecule has 80 heavy (non-hydrogen) atoms. The Morgan fingerprint density at radius 3 is 0.650 bits per heavy atom. The standard InChI is InChI=1S/C69H76O11/c1-71-51-63(74-44-55-28-12-3-13-29-55)67(78-48-59-36-20-7-21-37-59)69(80-50-61-40-24-9-25-41-61)65(76-46-57-32-16-5-17-33-57)53-72-52-64(75-45-56-30-14-4-15-31-56)68(79-49-60-38-22-8-23-39-60)66(77-47-58-34-18-6-19-35-58)62(42-70)73-43-54-26-10-2-11-27-54/h2-41,62-70H,42-53H2,1H3/t62-,63+,64-,65+,66-,67+,68-,69+/m0/s1. The first kappa shape index (κ1) is 59.4. The highest BCUT2D eigenvalue weighted by Crippen LogP contribution is 2.27. The summed E-state index contributed by atoms with van der Waals surface area (Å²) in [7, 11) is 1.66. The quantitative estimate of drug-likeness (QED) is 0.0402. The Labute approximate surface area is 472 Å². The molecule has 0 unspecified atom stereocenters. The molecule has 418 valence electrons. The van der Waals surface area contributed by atoms with Gasteiger partial charge in [0, 0.05) is 7.11 Å². The van der Waals surface area contributed by atoms with Crippen molar-refractivity contribution in [2.75, 3.05) is 33.5 Å². The van der Waals surface area contributed by atoms with Crippen LogP contribution in [0.5, 0.6) is 0 Å². The van der Waals surface area contributed by atoms with Gasteiger partial charge in [0.2, 0.25) is 0 Å². The van der Waals surface area contributed by atoms with Crippen LogP contribution in [-0.2, 0) is 100 Å². The van der Waals surface area contributed by atoms with Crippen LogP contribution in [0.2, 0.25) is 0 Å². The third kappa shape index (κ3) is 20.1. The number of aliphatic hydroxyl groups is 1. The van der Waals surface area contributed by atoms with Crippen LogP contribution in [0.4, 0.5) is 0 Å². The van der Waals surface area contributed by atoms with Gasteiger partial charge in [-0.3, -0.25) is 0 Å². The summed E-state index contributed by atoms with van der Waals surface area (Å²) in [5.41, 5.74) is 7.72. The van der Waals surface area contributed by atoms with E-state index < -0.39 is 48.8 Å². The molecule has 0 bridgehead atoms. The van der Waals surface area contributed by atoms with E-state index in [2.05, 4.69) is 0 Å². The Kier molecular flexibility index (Phi) is 25.6. The van der Waals surface area contributed by atoms with Gasteiger partial charge in [0.25, 0.3) is 0 Å². The molecule has 0 radical (unpaired) electrons. The van der Waals surface area contributed by atoms with E-state index in [0.717, 1.165) is 44.5 Å². The van der Waals surface area contributed by atoms with Gasteiger partial charge in [0.05, 0.1) is 79.3 Å². The van der Waals surface area contributed by atoms with Crippen molar-refractivity contribution in [1.29, 1.82) is 0 Å². The Morgan fingerprint density at radius 2 is 0.438 bits per heavy atom. The zero-order valence-electron chi connectivity index (χ0n) is 45.7. The molecule has 0 aliphatic rings. The Morgan fingerprint density at radius 1 is 0.250 bits per heavy atom. The molecule has 8 rings (SSSR count). The van der Waals surface area contributed by atoms with Gasteiger partial charge < -0.3 is 52.5 Å². The van der Waals surface area contributed by atoms with Crippen LogP contribution in [0.15, 0.2) is 243 Å². The third-order valence-electron chi connectivity index (χ3n) is 13.6. The van der Waals surface area contributed by atoms with E-state index in [1.54, 1.807) is 7.11 Å². The molecule has 0 saturated heterocycles. The van der Waals surface area contributed by atoms with Crippen molar-refractivity contribution >= 4 is 0 Å². The summed E-state index contributed by atoms with van der Waals surface area (Å²) in [6.45, 7) is 1.79. The second kappa shape index (κ2) is 34.5. The summed E-state index contributed by atoms with van der Waals surface area (Å²) in [6, 6.07) is 80.0. The largest absolute Gasteiger partial charge is 0.394 e. The highest BCUT2D eigenvalue weighted by Gasteiger charge is 2.41. The van der Waals surface area contributed by atoms with E-state index in [9.17, 15) is 5.11 Å². The van der Waals surface area contributed by atoms with Gasteiger partial charge in [-0.15, -0.1) is 0 Å². The number of rotatable bonds is 37. The van der Waals surface area contributed by atoms with E-state index >= 15 is 0 Å². The number of hydrogen-bond acceptors (Lipinski definition) is 11. The van der Waals surface area contributed by atoms with Crippen molar-refractivity contribution in [2.45, 2.75) is 102 Å². The van der Waals surface area contributed by atoms with Crippen LogP contribution < -0.4 is 0 Å². The Balaban J connectivity index is 1.17. The maximum absolute atomic E-state index is 11.4. The zero-order chi connectivity index (χ0) is 55.1. The van der Waals surface area contributed by atoms with E-state index in [-0.39, 0.29) is 72.7 Å². The fraction of sp³-hybridized carbons (Fsp3) is 0.304. The molecular weight excluding hydrogens is 1000 g/mol. The third-order valence-corrected chi connectivity index (χ3v) is 13.6. The Bertz CT molecular complexity index is 2800. The van der Waals surface area contributed by atoms with Gasteiger partial charge in [-0.2, -0.15) is 0 Å². The van der Waals surface area contributed by atoms with E-state index in [1.807, 2.05) is 243 Å². The van der Waals surface area contributed by atoms with Gasteiger partial charge in [-0.25, -0.2) is 0 Å². The molecule has 8 atom stereocenters. The first-order chi connectivity index (χ1) is 39.6. The lowest BCUT2D eigenvalue weighted by molar-refractivity contribution is -0.218. The second-order valence-corrected chi connectivity index (χ2v) is 19.6. The van der Waals surface area contributed by atoms with Crippen molar-refractivity contribution in [2.24, 2.45) is 0 Å². The summed E-state index contributed by atoms with van der Waals surface area (Å²) >= 11 is 0. The smallest absolute Gasteiger partial charge is 0.115 e. The molecule has 1 N–H and O–H groups in total. The van der Waals surface area contributed by atoms with Crippen molar-refractivity contribution in [1.82, 2.24) is 0 Å². The maximum atomic E-state index is 11.4. The normalized spacial score (nSPS) is 14.6. The van der Waals surface area contributed by atoms with Crippen LogP contribution in [0.1, 0.15) is 44.5 Å². The Hall–Kier alpha value is -6.68. The molecule has 0 aromatic heterocycles. The lowest BCUT2D eigenvalue weighted by Crippen LogP contribution is -2.53. The van der Waals surface area contributed by atoms with E-state index in [0.29, 0.717) is 6.61 Å². The fourth-order valence-electron chi connectivity index (χ4n) is 9.26. The van der Waals surface area contributed by atoms with Crippen LogP contribution >= 0.6 is 0 Å². The molecule has 11 nitrogen and oxygen atoms in total. The number of methoxy groups -OCH3 is 1. The van der Waals surface area contributed by atoms with Crippen molar-refractivity contribution in [3.63, 3.8) is 0 Å². The van der Waals surface area contributed by atoms with Gasteiger partial charge in [-0.1, -0.05) is 243 Å². The minimum absolute atomic E-state index is 0.00642. The van der Waals surface area contributed by atoms with Crippen LogP contribution in [0.3, 0.4) is 0 Å². The summed E-state index contributed by atoms with van der Waals surface area (Å²) in [6.07, 6.45) is -6.30. The van der Waals surface area contributed by atoms with Gasteiger partial charge in [-0.05, 0) is 44.5 Å². The predicted octanol–water partition coefficient (Wildman–Crippen LogP) is 12.3. The molecular formula is C69H76O11. The zero-order valence-corrected chi connectivity index (χ0v) is 45.7. The molecule has 0 saturated carbocycles. The monoisotopic (exact) mass is 1080 g/mol. The van der Waals surface area contributed by atoms with E-state index in [1.165, 1.54) is 0 Å². The van der Waals surface area contributed by atoms with Crippen LogP contribution in [-0.4, -0.2) is 87.5 Å². The SMILES string of the molecule is COC[C@@H](OCc1ccccc1)[C@@H](OCc1ccccc1)[C@H](OCc1ccccc1)[C@@H](COC[C@H](OCc1ccccc1)[C@H](OCc1ccccc1)[C@@H](OCc1ccccc1)[C@H](CO)OCc1ccccc1)OCc1ccccc1. The molecule has 11 heteroatoms. The van der Waals surface area contributed by atoms with Crippen molar-refractivity contribution < 1.29 is 52.5 Å². The molecule has 0 aliphatic carbocycles. The van der Waals surface area contributed by atoms with Crippen LogP contribution in [0, 0.1) is 0 Å². The molecule has 8 aromatic carbocycles. The number of hydrogen-bond donors (Lipinski definition) is 1. The van der Waals surface area contributed by atoms with Crippen molar-refractivity contribution in [3.05, 3.63) is 287 Å². The van der Waals surface area contributed by atoms with Crippen LogP contribution in [0.25, 0.3) is 0 Å². The lowest BCUT2D eigenvalue weighted by Gasteiger charge is -2.39. The highest BCUT2D eigenvalue weighted by atomic mass is 16.6. The molecule has 0 heterocycles. The minimum atomic E-state index is -0.864. The first-order valence-corrected chi connectivity index (χ1v) is 27.5. The summed E-state index contributed by atoms with van der Waals surface area (Å²) in [4.78, 5) is 0. The van der Waals surface area contributed by atoms with E-state index in [4.69, 9.17) is 47.4 Å². The second-order valence-electron chi connectivity index (χ2n) is 19.6. The molecule has 0 aliphatic heterocycles. The lowest BCUT2D eigenvalue weighted by atomic mass is 10.0. The average molecular weight is 1080 g/mol. The molecule has 0 fully saturated rings. The van der Waals surface area contributed by atoms with Crippen molar-refractivity contribution in [3.8, 4) is 0 Å². The maximum Gasteiger partial charge on any atom is 0.115 e. The molecule has 0 amide bonds. The van der Waals surface area contributed by atoms with Gasteiger partial charge in [0.15, 0.2) is 0 Å². The van der Waals surface area contributed by atoms with Gasteiger partial charge >= 0.3 is 0 Å². The summed E-state index contributed by atoms with van der Waals surface area (Å²) < 4.78 is 68.8. The minimum Gasteiger partial charge on any atom is -0.394 e. The number of benzene rings is 8. The number of ether oxygens (including phenoxy) is 10. The fourth-order valence-corrected chi connectivity index (χ4v) is 9.26. The molecule has 8 aromatic rings. The summed E-state index contributed by atoms with van der Waals surface area (Å²) in [5, 5.41) is 11.4. The number of aliphatic hydroxyl groups excluding tert-OH is 1. The topological polar surface area (TPSA) is 113 Å².